The van der Waals surface area contributed by atoms with E-state index in [9.17, 15) is 4.79 Å². The molecule has 1 aliphatic rings. The fourth-order valence-electron chi connectivity index (χ4n) is 3.55. The lowest BCUT2D eigenvalue weighted by Crippen LogP contribution is -2.32. The van der Waals surface area contributed by atoms with Crippen LogP contribution in [0.25, 0.3) is 5.69 Å². The van der Waals surface area contributed by atoms with Gasteiger partial charge in [0.15, 0.2) is 5.69 Å². The number of benzene rings is 1. The number of carbonyl (C=O) groups is 1. The number of nitrogens with one attached hydrogen (secondary N) is 1. The van der Waals surface area contributed by atoms with Gasteiger partial charge in [-0.1, -0.05) is 17.3 Å². The van der Waals surface area contributed by atoms with Crippen LogP contribution < -0.4 is 5.32 Å². The van der Waals surface area contributed by atoms with Crippen LogP contribution in [0.3, 0.4) is 0 Å². The van der Waals surface area contributed by atoms with E-state index in [4.69, 9.17) is 0 Å². The van der Waals surface area contributed by atoms with Gasteiger partial charge in [0.2, 0.25) is 0 Å². The molecule has 0 saturated carbocycles. The molecule has 8 nitrogen and oxygen atoms in total. The van der Waals surface area contributed by atoms with Crippen molar-refractivity contribution in [3.8, 4) is 5.69 Å². The molecule has 0 spiro atoms. The first-order valence-electron chi connectivity index (χ1n) is 9.64. The van der Waals surface area contributed by atoms with E-state index < -0.39 is 0 Å². The molecule has 1 N–H and O–H groups in total. The average molecular weight is 379 g/mol. The van der Waals surface area contributed by atoms with Crippen molar-refractivity contribution >= 4 is 5.91 Å². The highest BCUT2D eigenvalue weighted by molar-refractivity contribution is 5.91. The van der Waals surface area contributed by atoms with Gasteiger partial charge in [0.1, 0.15) is 0 Å². The van der Waals surface area contributed by atoms with E-state index in [0.717, 1.165) is 30.9 Å². The minimum Gasteiger partial charge on any atom is -0.336 e. The number of nitrogens with zero attached hydrogens (tertiary/aromatic N) is 6. The summed E-state index contributed by atoms with van der Waals surface area (Å²) in [5.74, 6) is 0.425. The van der Waals surface area contributed by atoms with Crippen LogP contribution in [0, 0.1) is 5.92 Å². The van der Waals surface area contributed by atoms with Gasteiger partial charge < -0.3 is 10.2 Å². The average Bonchev–Trinajstić information content (AvgIpc) is 3.41. The lowest BCUT2D eigenvalue weighted by atomic mass is 10.00. The normalized spacial score (nSPS) is 16.8. The van der Waals surface area contributed by atoms with Crippen LogP contribution in [0.5, 0.6) is 0 Å². The molecule has 8 heteroatoms. The second-order valence-electron chi connectivity index (χ2n) is 7.32. The molecular weight excluding hydrogens is 354 g/mol. The van der Waals surface area contributed by atoms with Gasteiger partial charge in [0.25, 0.3) is 5.91 Å². The maximum atomic E-state index is 12.7. The number of aromatic nitrogens is 5. The van der Waals surface area contributed by atoms with Crippen LogP contribution in [0.4, 0.5) is 0 Å². The van der Waals surface area contributed by atoms with Crippen LogP contribution in [0.2, 0.25) is 0 Å². The Morgan fingerprint density at radius 2 is 2.18 bits per heavy atom. The summed E-state index contributed by atoms with van der Waals surface area (Å²) in [6, 6.07) is 9.89. The second kappa shape index (κ2) is 8.35. The molecule has 1 atom stereocenters. The molecule has 28 heavy (non-hydrogen) atoms. The van der Waals surface area contributed by atoms with Gasteiger partial charge in [0, 0.05) is 32.5 Å². The third kappa shape index (κ3) is 4.28. The van der Waals surface area contributed by atoms with Crippen LogP contribution in [0.15, 0.2) is 48.9 Å². The van der Waals surface area contributed by atoms with E-state index >= 15 is 0 Å². The summed E-state index contributed by atoms with van der Waals surface area (Å²) < 4.78 is 3.59. The summed E-state index contributed by atoms with van der Waals surface area (Å²) in [6.07, 6.45) is 7.78. The minimum atomic E-state index is -0.121. The molecular formula is C20H25N7O. The first-order valence-corrected chi connectivity index (χ1v) is 9.64. The Hall–Kier alpha value is -3.00. The Kier molecular flexibility index (Phi) is 5.48. The number of carbonyl (C=O) groups excluding carboxylic acids is 1. The first-order chi connectivity index (χ1) is 13.7. The van der Waals surface area contributed by atoms with E-state index in [1.807, 2.05) is 36.5 Å². The maximum absolute atomic E-state index is 12.7. The summed E-state index contributed by atoms with van der Waals surface area (Å²) in [5.41, 5.74) is 2.43. The molecule has 1 unspecified atom stereocenters. The van der Waals surface area contributed by atoms with E-state index in [1.54, 1.807) is 33.7 Å². The fraction of sp³-hybridized carbons (Fsp3) is 0.400. The highest BCUT2D eigenvalue weighted by Crippen LogP contribution is 2.14. The topological polar surface area (TPSA) is 80.9 Å². The fourth-order valence-corrected chi connectivity index (χ4v) is 3.55. The van der Waals surface area contributed by atoms with Crippen molar-refractivity contribution in [2.45, 2.75) is 25.9 Å². The number of hydrogen-bond acceptors (Lipinski definition) is 5. The number of rotatable bonds is 6. The lowest BCUT2D eigenvalue weighted by molar-refractivity contribution is 0.0779. The third-order valence-corrected chi connectivity index (χ3v) is 5.07. The summed E-state index contributed by atoms with van der Waals surface area (Å²) in [5, 5.41) is 15.8. The van der Waals surface area contributed by atoms with Crippen molar-refractivity contribution in [3.63, 3.8) is 0 Å². The van der Waals surface area contributed by atoms with Gasteiger partial charge in [-0.15, -0.1) is 5.10 Å². The van der Waals surface area contributed by atoms with Crippen molar-refractivity contribution < 1.29 is 4.79 Å². The highest BCUT2D eigenvalue weighted by atomic mass is 16.2. The van der Waals surface area contributed by atoms with E-state index in [1.165, 1.54) is 12.8 Å². The van der Waals surface area contributed by atoms with Gasteiger partial charge in [-0.05, 0) is 55.6 Å². The number of amides is 1. The summed E-state index contributed by atoms with van der Waals surface area (Å²) in [6.45, 7) is 3.40. The van der Waals surface area contributed by atoms with Gasteiger partial charge in [-0.2, -0.15) is 5.10 Å². The molecule has 0 radical (unpaired) electrons. The largest absolute Gasteiger partial charge is 0.336 e. The van der Waals surface area contributed by atoms with Crippen LogP contribution >= 0.6 is 0 Å². The monoisotopic (exact) mass is 379 g/mol. The Morgan fingerprint density at radius 1 is 1.32 bits per heavy atom. The zero-order valence-electron chi connectivity index (χ0n) is 16.0. The molecule has 3 aromatic rings. The van der Waals surface area contributed by atoms with Crippen molar-refractivity contribution in [1.29, 1.82) is 0 Å². The summed E-state index contributed by atoms with van der Waals surface area (Å²) in [7, 11) is 1.79. The van der Waals surface area contributed by atoms with Gasteiger partial charge in [-0.3, -0.25) is 9.48 Å². The molecule has 4 rings (SSSR count). The van der Waals surface area contributed by atoms with Crippen molar-refractivity contribution in [1.82, 2.24) is 35.0 Å². The Labute approximate surface area is 164 Å². The lowest BCUT2D eigenvalue weighted by Gasteiger charge is -2.22. The van der Waals surface area contributed by atoms with Crippen LogP contribution in [-0.2, 0) is 13.1 Å². The molecule has 3 heterocycles. The van der Waals surface area contributed by atoms with Crippen LogP contribution in [-0.4, -0.2) is 55.7 Å². The molecule has 1 aliphatic heterocycles. The van der Waals surface area contributed by atoms with Crippen molar-refractivity contribution in [2.24, 2.45) is 5.92 Å². The van der Waals surface area contributed by atoms with E-state index in [2.05, 4.69) is 20.7 Å². The molecule has 1 aromatic carbocycles. The standard InChI is InChI=1S/C20H25N7O/c1-25(13-16-5-7-18(8-6-16)27-11-3-10-22-27)20(28)19-15-26(24-23-19)14-17-4-2-9-21-12-17/h3,5-8,10-11,15,17,21H,2,4,9,12-14H2,1H3. The zero-order chi connectivity index (χ0) is 19.3. The quantitative estimate of drug-likeness (QED) is 0.706. The number of hydrogen-bond donors (Lipinski definition) is 1. The maximum Gasteiger partial charge on any atom is 0.276 e. The molecule has 0 aliphatic carbocycles. The minimum absolute atomic E-state index is 0.121. The summed E-state index contributed by atoms with van der Waals surface area (Å²) in [4.78, 5) is 14.4. The van der Waals surface area contributed by atoms with Gasteiger partial charge >= 0.3 is 0 Å². The Balaban J connectivity index is 1.35. The predicted molar refractivity (Wildman–Crippen MR) is 105 cm³/mol. The SMILES string of the molecule is CN(Cc1ccc(-n2cccn2)cc1)C(=O)c1cn(CC2CCCNC2)nn1. The predicted octanol–water partition coefficient (Wildman–Crippen LogP) is 1.74. The first kappa shape index (κ1) is 18.4. The molecule has 1 saturated heterocycles. The van der Waals surface area contributed by atoms with E-state index in [-0.39, 0.29) is 5.91 Å². The molecule has 1 fully saturated rings. The molecule has 1 amide bonds. The van der Waals surface area contributed by atoms with Crippen molar-refractivity contribution in [3.05, 3.63) is 60.2 Å². The number of piperidine rings is 1. The van der Waals surface area contributed by atoms with Gasteiger partial charge in [-0.25, -0.2) is 4.68 Å². The van der Waals surface area contributed by atoms with Crippen molar-refractivity contribution in [2.75, 3.05) is 20.1 Å². The molecule has 0 bridgehead atoms. The molecule has 146 valence electrons. The van der Waals surface area contributed by atoms with Crippen LogP contribution in [0.1, 0.15) is 28.9 Å². The van der Waals surface area contributed by atoms with Gasteiger partial charge in [0.05, 0.1) is 11.9 Å². The second-order valence-corrected chi connectivity index (χ2v) is 7.32. The highest BCUT2D eigenvalue weighted by Gasteiger charge is 2.18. The summed E-state index contributed by atoms with van der Waals surface area (Å²) >= 11 is 0. The molecule has 2 aromatic heterocycles. The Morgan fingerprint density at radius 3 is 2.89 bits per heavy atom. The zero-order valence-corrected chi connectivity index (χ0v) is 16.0. The smallest absolute Gasteiger partial charge is 0.276 e. The van der Waals surface area contributed by atoms with E-state index in [0.29, 0.717) is 18.2 Å². The third-order valence-electron chi connectivity index (χ3n) is 5.07. The Bertz CT molecular complexity index is 895.